The van der Waals surface area contributed by atoms with Crippen LogP contribution in [-0.4, -0.2) is 101 Å². The van der Waals surface area contributed by atoms with Crippen LogP contribution in [0.15, 0.2) is 30.6 Å². The van der Waals surface area contributed by atoms with Gasteiger partial charge in [0.25, 0.3) is 5.91 Å². The van der Waals surface area contributed by atoms with Gasteiger partial charge in [-0.3, -0.25) is 9.10 Å². The Balaban J connectivity index is 1.15. The number of aromatic nitrogens is 2. The van der Waals surface area contributed by atoms with E-state index < -0.39 is 0 Å². The van der Waals surface area contributed by atoms with Crippen molar-refractivity contribution < 1.29 is 14.3 Å². The van der Waals surface area contributed by atoms with Crippen molar-refractivity contribution in [1.29, 1.82) is 0 Å². The molecule has 3 aliphatic rings. The van der Waals surface area contributed by atoms with Gasteiger partial charge in [-0.2, -0.15) is 0 Å². The number of hydrogen-bond donors (Lipinski definition) is 1. The fourth-order valence-corrected chi connectivity index (χ4v) is 7.01. The highest BCUT2D eigenvalue weighted by molar-refractivity contribution is 7.96. The normalized spacial score (nSPS) is 23.1. The molecule has 1 aromatic carbocycles. The second-order valence-electron chi connectivity index (χ2n) is 11.2. The number of anilines is 1. The second kappa shape index (κ2) is 14.4. The number of likely N-dealkylation sites (tertiary alicyclic amines) is 2. The number of halogens is 1. The van der Waals surface area contributed by atoms with Crippen LogP contribution in [0.25, 0.3) is 0 Å². The van der Waals surface area contributed by atoms with E-state index in [9.17, 15) is 4.79 Å². The molecule has 2 aromatic rings. The third-order valence-electron chi connectivity index (χ3n) is 8.87. The summed E-state index contributed by atoms with van der Waals surface area (Å²) in [6, 6.07) is 9.07. The summed E-state index contributed by atoms with van der Waals surface area (Å²) in [7, 11) is 3.76. The van der Waals surface area contributed by atoms with Crippen LogP contribution < -0.4 is 10.1 Å². The number of hydrogen-bond acceptors (Lipinski definition) is 9. The SMILES string of the molecule is COc1c(NC[C@H]2CCC[C@@H](c3ccc(Cl)cc3)O2)ncnc1C(=O)N1CCC(N2CCC(N(C)SC)CC2)CC1. The van der Waals surface area contributed by atoms with Crippen molar-refractivity contribution in [2.24, 2.45) is 0 Å². The molecule has 11 heteroatoms. The summed E-state index contributed by atoms with van der Waals surface area (Å²) in [5.41, 5.74) is 1.45. The highest BCUT2D eigenvalue weighted by Crippen LogP contribution is 2.33. The number of nitrogens with one attached hydrogen (secondary N) is 1. The Morgan fingerprint density at radius 1 is 1.10 bits per heavy atom. The maximum Gasteiger partial charge on any atom is 0.276 e. The van der Waals surface area contributed by atoms with E-state index in [1.165, 1.54) is 19.2 Å². The molecular weight excluding hydrogens is 560 g/mol. The monoisotopic (exact) mass is 602 g/mol. The van der Waals surface area contributed by atoms with Gasteiger partial charge in [0.2, 0.25) is 0 Å². The molecule has 224 valence electrons. The Hall–Kier alpha value is -2.11. The zero-order valence-electron chi connectivity index (χ0n) is 24.4. The molecule has 1 N–H and O–H groups in total. The van der Waals surface area contributed by atoms with Crippen LogP contribution in [0.5, 0.6) is 5.75 Å². The standard InChI is InChI=1S/C30H43ClN6O3S/c1-35(41-3)23-11-15-36(16-12-23)24-13-17-37(18-14-24)30(38)27-28(39-2)29(34-20-33-27)32-19-25-5-4-6-26(40-25)21-7-9-22(31)10-8-21/h7-10,20,23-26H,4-6,11-19H2,1-3H3,(H,32,33,34)/t25-,26+/m1/s1. The Bertz CT molecular complexity index is 1140. The molecule has 0 aliphatic carbocycles. The molecule has 1 amide bonds. The molecule has 0 unspecified atom stereocenters. The molecule has 4 heterocycles. The predicted octanol–water partition coefficient (Wildman–Crippen LogP) is 5.14. The summed E-state index contributed by atoms with van der Waals surface area (Å²) in [6.45, 7) is 4.29. The van der Waals surface area contributed by atoms with Crippen LogP contribution in [0.2, 0.25) is 5.02 Å². The number of carbonyl (C=O) groups is 1. The minimum absolute atomic E-state index is 0.0217. The number of piperidine rings is 2. The number of carbonyl (C=O) groups excluding carboxylic acids is 1. The van der Waals surface area contributed by atoms with E-state index in [0.29, 0.717) is 35.9 Å². The molecule has 0 radical (unpaired) electrons. The van der Waals surface area contributed by atoms with Gasteiger partial charge < -0.3 is 24.6 Å². The van der Waals surface area contributed by atoms with Crippen molar-refractivity contribution in [3.05, 3.63) is 46.9 Å². The van der Waals surface area contributed by atoms with Gasteiger partial charge in [-0.25, -0.2) is 9.97 Å². The maximum atomic E-state index is 13.6. The summed E-state index contributed by atoms with van der Waals surface area (Å²) in [6.07, 6.45) is 11.1. The molecule has 0 bridgehead atoms. The topological polar surface area (TPSA) is 83.1 Å². The van der Waals surface area contributed by atoms with Crippen LogP contribution in [0, 0.1) is 0 Å². The smallest absolute Gasteiger partial charge is 0.276 e. The molecule has 0 saturated carbocycles. The van der Waals surface area contributed by atoms with Crippen molar-refractivity contribution in [2.75, 3.05) is 58.5 Å². The highest BCUT2D eigenvalue weighted by atomic mass is 35.5. The lowest BCUT2D eigenvalue weighted by Crippen LogP contribution is -2.50. The van der Waals surface area contributed by atoms with Crippen molar-refractivity contribution in [3.63, 3.8) is 0 Å². The first kappa shape index (κ1) is 30.4. The number of benzene rings is 1. The molecule has 3 fully saturated rings. The third-order valence-corrected chi connectivity index (χ3v) is 9.99. The fourth-order valence-electron chi connectivity index (χ4n) is 6.38. The Kier molecular flexibility index (Phi) is 10.6. The Morgan fingerprint density at radius 2 is 1.83 bits per heavy atom. The summed E-state index contributed by atoms with van der Waals surface area (Å²) >= 11 is 7.88. The predicted molar refractivity (Wildman–Crippen MR) is 165 cm³/mol. The number of amides is 1. The summed E-state index contributed by atoms with van der Waals surface area (Å²) in [5.74, 6) is 0.823. The van der Waals surface area contributed by atoms with Crippen molar-refractivity contribution in [1.82, 2.24) is 24.1 Å². The van der Waals surface area contributed by atoms with E-state index in [2.05, 4.69) is 37.8 Å². The molecule has 3 aliphatic heterocycles. The van der Waals surface area contributed by atoms with E-state index >= 15 is 0 Å². The molecule has 9 nitrogen and oxygen atoms in total. The van der Waals surface area contributed by atoms with Gasteiger partial charge in [0, 0.05) is 36.7 Å². The van der Waals surface area contributed by atoms with Crippen LogP contribution in [0.4, 0.5) is 5.82 Å². The van der Waals surface area contributed by atoms with Gasteiger partial charge in [0.15, 0.2) is 17.3 Å². The summed E-state index contributed by atoms with van der Waals surface area (Å²) in [5, 5.41) is 4.10. The molecule has 3 saturated heterocycles. The summed E-state index contributed by atoms with van der Waals surface area (Å²) < 4.78 is 14.5. The van der Waals surface area contributed by atoms with Crippen molar-refractivity contribution in [3.8, 4) is 5.75 Å². The molecule has 5 rings (SSSR count). The van der Waals surface area contributed by atoms with E-state index in [4.69, 9.17) is 21.1 Å². The van der Waals surface area contributed by atoms with Crippen molar-refractivity contribution in [2.45, 2.75) is 69.2 Å². The zero-order valence-corrected chi connectivity index (χ0v) is 26.0. The minimum atomic E-state index is -0.0947. The molecule has 1 aromatic heterocycles. The lowest BCUT2D eigenvalue weighted by molar-refractivity contribution is -0.0442. The number of nitrogens with zero attached hydrogens (tertiary/aromatic N) is 5. The van der Waals surface area contributed by atoms with Crippen molar-refractivity contribution >= 4 is 35.3 Å². The van der Waals surface area contributed by atoms with Gasteiger partial charge in [-0.15, -0.1) is 0 Å². The van der Waals surface area contributed by atoms with E-state index in [-0.39, 0.29) is 18.1 Å². The lowest BCUT2D eigenvalue weighted by Gasteiger charge is -2.43. The van der Waals surface area contributed by atoms with E-state index in [1.807, 2.05) is 41.1 Å². The van der Waals surface area contributed by atoms with Crippen LogP contribution in [-0.2, 0) is 4.74 Å². The van der Waals surface area contributed by atoms with Crippen LogP contribution in [0.3, 0.4) is 0 Å². The van der Waals surface area contributed by atoms with Gasteiger partial charge >= 0.3 is 0 Å². The third kappa shape index (κ3) is 7.46. The van der Waals surface area contributed by atoms with Gasteiger partial charge in [-0.05, 0) is 89.0 Å². The number of methoxy groups -OCH3 is 1. The minimum Gasteiger partial charge on any atom is -0.491 e. The maximum absolute atomic E-state index is 13.6. The first-order valence-electron chi connectivity index (χ1n) is 14.8. The van der Waals surface area contributed by atoms with E-state index in [0.717, 1.165) is 68.9 Å². The van der Waals surface area contributed by atoms with Crippen LogP contribution >= 0.6 is 23.5 Å². The Morgan fingerprint density at radius 3 is 2.51 bits per heavy atom. The first-order chi connectivity index (χ1) is 20.0. The second-order valence-corrected chi connectivity index (χ2v) is 12.6. The van der Waals surface area contributed by atoms with Gasteiger partial charge in [0.1, 0.15) is 6.33 Å². The quantitative estimate of drug-likeness (QED) is 0.392. The highest BCUT2D eigenvalue weighted by Gasteiger charge is 2.33. The Labute approximate surface area is 253 Å². The first-order valence-corrected chi connectivity index (χ1v) is 16.4. The molecular formula is C30H43ClN6O3S. The number of rotatable bonds is 9. The number of ether oxygens (including phenoxy) is 2. The van der Waals surface area contributed by atoms with Gasteiger partial charge in [0.05, 0.1) is 19.3 Å². The summed E-state index contributed by atoms with van der Waals surface area (Å²) in [4.78, 5) is 26.9. The fraction of sp³-hybridized carbons (Fsp3) is 0.633. The average Bonchev–Trinajstić information content (AvgIpc) is 3.03. The van der Waals surface area contributed by atoms with Gasteiger partial charge in [-0.1, -0.05) is 35.7 Å². The van der Waals surface area contributed by atoms with Crippen LogP contribution in [0.1, 0.15) is 67.1 Å². The molecule has 0 spiro atoms. The lowest BCUT2D eigenvalue weighted by atomic mass is 9.97. The zero-order chi connectivity index (χ0) is 28.8. The average molecular weight is 603 g/mol. The molecule has 41 heavy (non-hydrogen) atoms. The molecule has 2 atom stereocenters. The van der Waals surface area contributed by atoms with E-state index in [1.54, 1.807) is 7.11 Å². The largest absolute Gasteiger partial charge is 0.491 e.